The Morgan fingerprint density at radius 1 is 1.00 bits per heavy atom. The average Bonchev–Trinajstić information content (AvgIpc) is 3.02. The highest BCUT2D eigenvalue weighted by Crippen LogP contribution is 2.37. The van der Waals surface area contributed by atoms with Crippen molar-refractivity contribution in [3.8, 4) is 17.2 Å². The normalized spacial score (nSPS) is 15.1. The van der Waals surface area contributed by atoms with Gasteiger partial charge in [-0.1, -0.05) is 19.4 Å². The summed E-state index contributed by atoms with van der Waals surface area (Å²) in [7, 11) is 3.13. The summed E-state index contributed by atoms with van der Waals surface area (Å²) in [5.74, 6) is 1.55. The molecule has 0 aromatic heterocycles. The van der Waals surface area contributed by atoms with Gasteiger partial charge in [0.2, 0.25) is 0 Å². The Labute approximate surface area is 174 Å². The molecule has 2 aromatic rings. The third-order valence-corrected chi connectivity index (χ3v) is 5.23. The number of benzene rings is 2. The van der Waals surface area contributed by atoms with E-state index >= 15 is 0 Å². The smallest absolute Gasteiger partial charge is 0.298 e. The number of rotatable bonds is 8. The minimum Gasteiger partial charge on any atom is -0.497 e. The lowest BCUT2D eigenvalue weighted by atomic mass is 10.1. The molecule has 2 aromatic carbocycles. The fourth-order valence-electron chi connectivity index (χ4n) is 2.79. The summed E-state index contributed by atoms with van der Waals surface area (Å²) in [6.45, 7) is 2.72. The maximum atomic E-state index is 12.8. The van der Waals surface area contributed by atoms with Crippen LogP contribution in [0, 0.1) is 0 Å². The molecule has 152 valence electrons. The van der Waals surface area contributed by atoms with Gasteiger partial charge in [0.25, 0.3) is 11.1 Å². The molecular formula is C22H23NO5S. The number of ether oxygens (including phenoxy) is 3. The molecule has 1 heterocycles. The Morgan fingerprint density at radius 2 is 1.76 bits per heavy atom. The highest BCUT2D eigenvalue weighted by atomic mass is 32.2. The minimum atomic E-state index is -0.354. The number of hydrogen-bond acceptors (Lipinski definition) is 6. The Hall–Kier alpha value is -2.93. The summed E-state index contributed by atoms with van der Waals surface area (Å²) in [4.78, 5) is 26.7. The van der Waals surface area contributed by atoms with Gasteiger partial charge in [-0.15, -0.1) is 0 Å². The number of nitrogens with zero attached hydrogens (tertiary/aromatic N) is 1. The summed E-state index contributed by atoms with van der Waals surface area (Å²) in [6.07, 6.45) is 3.70. The quantitative estimate of drug-likeness (QED) is 0.442. The van der Waals surface area contributed by atoms with Crippen LogP contribution in [0.5, 0.6) is 17.2 Å². The molecule has 0 N–H and O–H groups in total. The lowest BCUT2D eigenvalue weighted by Gasteiger charge is -2.13. The molecule has 7 heteroatoms. The Kier molecular flexibility index (Phi) is 6.82. The molecule has 0 saturated carbocycles. The van der Waals surface area contributed by atoms with Crippen LogP contribution in [0.1, 0.15) is 25.3 Å². The highest BCUT2D eigenvalue weighted by Gasteiger charge is 2.36. The molecular weight excluding hydrogens is 390 g/mol. The van der Waals surface area contributed by atoms with Gasteiger partial charge < -0.3 is 14.2 Å². The third-order valence-electron chi connectivity index (χ3n) is 4.37. The first-order valence-electron chi connectivity index (χ1n) is 9.30. The minimum absolute atomic E-state index is 0.335. The van der Waals surface area contributed by atoms with E-state index in [1.807, 2.05) is 12.1 Å². The SMILES string of the molecule is CCCCOc1ccc(/C=C2\SC(=O)N(c3ccc(OC)cc3)C2=O)cc1OC. The molecule has 0 radical (unpaired) electrons. The van der Waals surface area contributed by atoms with Gasteiger partial charge in [-0.25, -0.2) is 4.90 Å². The van der Waals surface area contributed by atoms with E-state index in [4.69, 9.17) is 14.2 Å². The van der Waals surface area contributed by atoms with Crippen molar-refractivity contribution in [3.63, 3.8) is 0 Å². The van der Waals surface area contributed by atoms with Gasteiger partial charge >= 0.3 is 0 Å². The van der Waals surface area contributed by atoms with Crippen molar-refractivity contribution in [2.45, 2.75) is 19.8 Å². The Bertz CT molecular complexity index is 923. The zero-order chi connectivity index (χ0) is 20.8. The van der Waals surface area contributed by atoms with Crippen LogP contribution in [0.2, 0.25) is 0 Å². The fourth-order valence-corrected chi connectivity index (χ4v) is 3.63. The van der Waals surface area contributed by atoms with Gasteiger partial charge in [-0.05, 0) is 66.2 Å². The summed E-state index contributed by atoms with van der Waals surface area (Å²) in [6, 6.07) is 12.2. The van der Waals surface area contributed by atoms with Crippen molar-refractivity contribution in [1.29, 1.82) is 0 Å². The molecule has 0 atom stereocenters. The molecule has 0 aliphatic carbocycles. The number of anilines is 1. The van der Waals surface area contributed by atoms with Gasteiger partial charge in [0.05, 0.1) is 31.4 Å². The first-order valence-corrected chi connectivity index (χ1v) is 10.1. The maximum Gasteiger partial charge on any atom is 0.298 e. The number of hydrogen-bond donors (Lipinski definition) is 0. The van der Waals surface area contributed by atoms with Gasteiger partial charge in [0.1, 0.15) is 5.75 Å². The molecule has 2 amide bonds. The Balaban J connectivity index is 1.81. The summed E-state index contributed by atoms with van der Waals surface area (Å²) in [5, 5.41) is -0.335. The molecule has 6 nitrogen and oxygen atoms in total. The van der Waals surface area contributed by atoms with Gasteiger partial charge in [0.15, 0.2) is 11.5 Å². The van der Waals surface area contributed by atoms with Crippen LogP contribution >= 0.6 is 11.8 Å². The molecule has 0 unspecified atom stereocenters. The number of imide groups is 1. The molecule has 1 fully saturated rings. The lowest BCUT2D eigenvalue weighted by Crippen LogP contribution is -2.27. The molecule has 1 aliphatic heterocycles. The Morgan fingerprint density at radius 3 is 2.41 bits per heavy atom. The molecule has 3 rings (SSSR count). The van der Waals surface area contributed by atoms with Gasteiger partial charge in [-0.2, -0.15) is 0 Å². The third kappa shape index (κ3) is 4.74. The van der Waals surface area contributed by atoms with E-state index in [0.29, 0.717) is 34.4 Å². The van der Waals surface area contributed by atoms with E-state index in [2.05, 4.69) is 6.92 Å². The lowest BCUT2D eigenvalue weighted by molar-refractivity contribution is -0.113. The van der Waals surface area contributed by atoms with Crippen LogP contribution in [0.3, 0.4) is 0 Å². The predicted molar refractivity (Wildman–Crippen MR) is 115 cm³/mol. The topological polar surface area (TPSA) is 65.1 Å². The van der Waals surface area contributed by atoms with E-state index in [-0.39, 0.29) is 11.1 Å². The molecule has 0 bridgehead atoms. The largest absolute Gasteiger partial charge is 0.497 e. The second kappa shape index (κ2) is 9.52. The first-order chi connectivity index (χ1) is 14.1. The number of methoxy groups -OCH3 is 2. The molecule has 1 aliphatic rings. The van der Waals surface area contributed by atoms with Crippen molar-refractivity contribution in [3.05, 3.63) is 52.9 Å². The average molecular weight is 413 g/mol. The summed E-state index contributed by atoms with van der Waals surface area (Å²) in [5.41, 5.74) is 1.26. The fraction of sp³-hybridized carbons (Fsp3) is 0.273. The zero-order valence-corrected chi connectivity index (χ0v) is 17.5. The number of amides is 2. The van der Waals surface area contributed by atoms with E-state index in [1.165, 1.54) is 0 Å². The zero-order valence-electron chi connectivity index (χ0n) is 16.6. The highest BCUT2D eigenvalue weighted by molar-refractivity contribution is 8.19. The van der Waals surface area contributed by atoms with Crippen molar-refractivity contribution >= 4 is 34.7 Å². The van der Waals surface area contributed by atoms with Crippen LogP contribution in [-0.2, 0) is 4.79 Å². The molecule has 29 heavy (non-hydrogen) atoms. The summed E-state index contributed by atoms with van der Waals surface area (Å²) >= 11 is 0.911. The number of unbranched alkanes of at least 4 members (excludes halogenated alkanes) is 1. The second-order valence-electron chi connectivity index (χ2n) is 6.33. The monoisotopic (exact) mass is 413 g/mol. The van der Waals surface area contributed by atoms with E-state index in [9.17, 15) is 9.59 Å². The van der Waals surface area contributed by atoms with Crippen molar-refractivity contribution in [2.24, 2.45) is 0 Å². The van der Waals surface area contributed by atoms with Gasteiger partial charge in [0, 0.05) is 0 Å². The van der Waals surface area contributed by atoms with Crippen molar-refractivity contribution < 1.29 is 23.8 Å². The number of carbonyl (C=O) groups is 2. The van der Waals surface area contributed by atoms with Crippen LogP contribution in [0.4, 0.5) is 10.5 Å². The standard InChI is InChI=1S/C22H23NO5S/c1-4-5-12-28-18-11-6-15(13-19(18)27-3)14-20-21(24)23(22(25)29-20)16-7-9-17(26-2)10-8-16/h6-11,13-14H,4-5,12H2,1-3H3/b20-14-. The first kappa shape index (κ1) is 20.8. The maximum absolute atomic E-state index is 12.8. The van der Waals surface area contributed by atoms with Gasteiger partial charge in [-0.3, -0.25) is 9.59 Å². The predicted octanol–water partition coefficient (Wildman–Crippen LogP) is 5.12. The van der Waals surface area contributed by atoms with Crippen molar-refractivity contribution in [1.82, 2.24) is 0 Å². The van der Waals surface area contributed by atoms with E-state index in [0.717, 1.165) is 35.1 Å². The van der Waals surface area contributed by atoms with Crippen LogP contribution in [0.25, 0.3) is 6.08 Å². The summed E-state index contributed by atoms with van der Waals surface area (Å²) < 4.78 is 16.3. The van der Waals surface area contributed by atoms with E-state index in [1.54, 1.807) is 50.6 Å². The molecule has 1 saturated heterocycles. The van der Waals surface area contributed by atoms with Crippen LogP contribution in [0.15, 0.2) is 47.4 Å². The molecule has 0 spiro atoms. The van der Waals surface area contributed by atoms with Crippen LogP contribution < -0.4 is 19.1 Å². The second-order valence-corrected chi connectivity index (χ2v) is 7.32. The number of thioether (sulfide) groups is 1. The van der Waals surface area contributed by atoms with Crippen molar-refractivity contribution in [2.75, 3.05) is 25.7 Å². The van der Waals surface area contributed by atoms with Crippen LogP contribution in [-0.4, -0.2) is 32.0 Å². The number of carbonyl (C=O) groups excluding carboxylic acids is 2. The van der Waals surface area contributed by atoms with E-state index < -0.39 is 0 Å².